The number of carbonyl (C=O) groups is 2. The number of halogens is 1. The molecule has 1 aromatic rings. The number of ether oxygens (including phenoxy) is 1. The molecule has 0 radical (unpaired) electrons. The molecule has 1 saturated heterocycles. The van der Waals surface area contributed by atoms with Crippen molar-refractivity contribution in [1.82, 2.24) is 4.90 Å². The molecule has 0 aromatic heterocycles. The smallest absolute Gasteiger partial charge is 0.410 e. The first kappa shape index (κ1) is 18.2. The van der Waals surface area contributed by atoms with E-state index in [0.29, 0.717) is 25.4 Å². The summed E-state index contributed by atoms with van der Waals surface area (Å²) in [5, 5.41) is 0.840. The zero-order chi connectivity index (χ0) is 18.2. The first-order valence-corrected chi connectivity index (χ1v) is 9.85. The SMILES string of the molecule is CC(C)(C)OC(=O)N1CCc2ccc(N3CC(CBr)CC3=O)cc2C1. The van der Waals surface area contributed by atoms with E-state index in [4.69, 9.17) is 4.74 Å². The Hall–Kier alpha value is -1.56. The molecular formula is C19H25BrN2O3. The number of nitrogens with zero attached hydrogens (tertiary/aromatic N) is 2. The van der Waals surface area contributed by atoms with Gasteiger partial charge in [-0.3, -0.25) is 4.79 Å². The number of carbonyl (C=O) groups excluding carboxylic acids is 2. The highest BCUT2D eigenvalue weighted by Gasteiger charge is 2.31. The summed E-state index contributed by atoms with van der Waals surface area (Å²) in [5.41, 5.74) is 2.78. The number of anilines is 1. The largest absolute Gasteiger partial charge is 0.444 e. The molecule has 1 fully saturated rings. The van der Waals surface area contributed by atoms with Gasteiger partial charge in [-0.05, 0) is 56.4 Å². The number of amides is 2. The number of hydrogen-bond acceptors (Lipinski definition) is 3. The molecule has 0 bridgehead atoms. The predicted molar refractivity (Wildman–Crippen MR) is 101 cm³/mol. The summed E-state index contributed by atoms with van der Waals surface area (Å²) in [6.45, 7) is 7.57. The van der Waals surface area contributed by atoms with Crippen LogP contribution in [0.2, 0.25) is 0 Å². The van der Waals surface area contributed by atoms with Gasteiger partial charge in [0.15, 0.2) is 0 Å². The zero-order valence-electron chi connectivity index (χ0n) is 15.0. The third-order valence-electron chi connectivity index (χ3n) is 4.59. The van der Waals surface area contributed by atoms with Gasteiger partial charge in [0.05, 0.1) is 0 Å². The van der Waals surface area contributed by atoms with Gasteiger partial charge in [0.25, 0.3) is 0 Å². The highest BCUT2D eigenvalue weighted by atomic mass is 79.9. The van der Waals surface area contributed by atoms with Crippen LogP contribution in [0.15, 0.2) is 18.2 Å². The molecule has 25 heavy (non-hydrogen) atoms. The maximum Gasteiger partial charge on any atom is 0.410 e. The lowest BCUT2D eigenvalue weighted by molar-refractivity contribution is -0.117. The Morgan fingerprint density at radius 1 is 1.32 bits per heavy atom. The molecule has 1 unspecified atom stereocenters. The van der Waals surface area contributed by atoms with E-state index in [-0.39, 0.29) is 12.0 Å². The fourth-order valence-corrected chi connectivity index (χ4v) is 3.76. The van der Waals surface area contributed by atoms with Crippen molar-refractivity contribution in [1.29, 1.82) is 0 Å². The number of alkyl halides is 1. The average molecular weight is 409 g/mol. The predicted octanol–water partition coefficient (Wildman–Crippen LogP) is 3.73. The summed E-state index contributed by atoms with van der Waals surface area (Å²) in [5.74, 6) is 0.533. The lowest BCUT2D eigenvalue weighted by atomic mass is 9.99. The molecule has 2 aliphatic rings. The second-order valence-corrected chi connectivity index (χ2v) is 8.48. The molecule has 0 spiro atoms. The topological polar surface area (TPSA) is 49.9 Å². The number of benzene rings is 1. The van der Waals surface area contributed by atoms with Crippen LogP contribution in [0.4, 0.5) is 10.5 Å². The maximum atomic E-state index is 12.3. The van der Waals surface area contributed by atoms with Gasteiger partial charge in [-0.15, -0.1) is 0 Å². The Balaban J connectivity index is 1.76. The minimum absolute atomic E-state index is 0.171. The second-order valence-electron chi connectivity index (χ2n) is 7.83. The summed E-state index contributed by atoms with van der Waals surface area (Å²) < 4.78 is 5.49. The number of hydrogen-bond donors (Lipinski definition) is 0. The lowest BCUT2D eigenvalue weighted by Crippen LogP contribution is -2.40. The molecule has 0 aliphatic carbocycles. The Kier molecular flexibility index (Phi) is 5.09. The molecule has 0 N–H and O–H groups in total. The van der Waals surface area contributed by atoms with E-state index in [1.54, 1.807) is 4.90 Å². The first-order chi connectivity index (χ1) is 11.8. The molecular weight excluding hydrogens is 384 g/mol. The third kappa shape index (κ3) is 4.17. The molecule has 1 atom stereocenters. The molecule has 5 nitrogen and oxygen atoms in total. The Bertz CT molecular complexity index is 684. The Morgan fingerprint density at radius 3 is 2.72 bits per heavy atom. The summed E-state index contributed by atoms with van der Waals surface area (Å²) in [4.78, 5) is 28.2. The van der Waals surface area contributed by atoms with E-state index in [9.17, 15) is 9.59 Å². The van der Waals surface area contributed by atoms with Crippen molar-refractivity contribution >= 4 is 33.6 Å². The van der Waals surface area contributed by atoms with E-state index in [1.807, 2.05) is 31.7 Å². The van der Waals surface area contributed by atoms with Gasteiger partial charge in [-0.25, -0.2) is 4.79 Å². The highest BCUT2D eigenvalue weighted by molar-refractivity contribution is 9.09. The van der Waals surface area contributed by atoms with Crippen LogP contribution in [0.25, 0.3) is 0 Å². The van der Waals surface area contributed by atoms with Crippen molar-refractivity contribution < 1.29 is 14.3 Å². The van der Waals surface area contributed by atoms with E-state index in [1.165, 1.54) is 5.56 Å². The van der Waals surface area contributed by atoms with Crippen molar-refractivity contribution in [3.05, 3.63) is 29.3 Å². The first-order valence-electron chi connectivity index (χ1n) is 8.73. The summed E-state index contributed by atoms with van der Waals surface area (Å²) in [6.07, 6.45) is 1.12. The summed E-state index contributed by atoms with van der Waals surface area (Å²) in [7, 11) is 0. The normalized spacial score (nSPS) is 20.6. The summed E-state index contributed by atoms with van der Waals surface area (Å²) in [6, 6.07) is 6.17. The second kappa shape index (κ2) is 6.98. The highest BCUT2D eigenvalue weighted by Crippen LogP contribution is 2.30. The lowest BCUT2D eigenvalue weighted by Gasteiger charge is -2.32. The zero-order valence-corrected chi connectivity index (χ0v) is 16.6. The molecule has 1 aromatic carbocycles. The van der Waals surface area contributed by atoms with Crippen molar-refractivity contribution in [3.8, 4) is 0 Å². The van der Waals surface area contributed by atoms with E-state index < -0.39 is 5.60 Å². The van der Waals surface area contributed by atoms with Crippen LogP contribution in [0, 0.1) is 5.92 Å². The van der Waals surface area contributed by atoms with Crippen LogP contribution < -0.4 is 4.90 Å². The minimum Gasteiger partial charge on any atom is -0.444 e. The number of rotatable bonds is 2. The third-order valence-corrected chi connectivity index (χ3v) is 5.50. The molecule has 136 valence electrons. The standard InChI is InChI=1S/C19H25BrN2O3/c1-19(2,3)25-18(24)21-7-6-14-4-5-16(9-15(14)12-21)22-11-13(10-20)8-17(22)23/h4-5,9,13H,6-8,10-12H2,1-3H3. The van der Waals surface area contributed by atoms with Crippen LogP contribution in [-0.4, -0.2) is 40.9 Å². The molecule has 2 amide bonds. The van der Waals surface area contributed by atoms with Crippen LogP contribution in [0.3, 0.4) is 0 Å². The van der Waals surface area contributed by atoms with Gasteiger partial charge < -0.3 is 14.5 Å². The van der Waals surface area contributed by atoms with Crippen molar-refractivity contribution in [2.75, 3.05) is 23.3 Å². The van der Waals surface area contributed by atoms with Crippen LogP contribution >= 0.6 is 15.9 Å². The Labute approximate surface area is 157 Å². The van der Waals surface area contributed by atoms with Gasteiger partial charge in [0.1, 0.15) is 5.60 Å². The fourth-order valence-electron chi connectivity index (χ4n) is 3.33. The molecule has 2 aliphatic heterocycles. The maximum absolute atomic E-state index is 12.3. The fraction of sp³-hybridized carbons (Fsp3) is 0.579. The van der Waals surface area contributed by atoms with E-state index in [0.717, 1.165) is 29.5 Å². The molecule has 6 heteroatoms. The molecule has 2 heterocycles. The Morgan fingerprint density at radius 2 is 2.08 bits per heavy atom. The molecule has 3 rings (SSSR count). The average Bonchev–Trinajstić information content (AvgIpc) is 2.93. The minimum atomic E-state index is -0.494. The van der Waals surface area contributed by atoms with Gasteiger partial charge >= 0.3 is 6.09 Å². The monoisotopic (exact) mass is 408 g/mol. The van der Waals surface area contributed by atoms with Crippen LogP contribution in [0.1, 0.15) is 38.3 Å². The molecule has 0 saturated carbocycles. The van der Waals surface area contributed by atoms with Crippen molar-refractivity contribution in [2.45, 2.75) is 45.8 Å². The van der Waals surface area contributed by atoms with Gasteiger partial charge in [-0.1, -0.05) is 22.0 Å². The van der Waals surface area contributed by atoms with Gasteiger partial charge in [0, 0.05) is 37.1 Å². The van der Waals surface area contributed by atoms with Gasteiger partial charge in [0.2, 0.25) is 5.91 Å². The van der Waals surface area contributed by atoms with Crippen molar-refractivity contribution in [2.24, 2.45) is 5.92 Å². The summed E-state index contributed by atoms with van der Waals surface area (Å²) >= 11 is 3.47. The van der Waals surface area contributed by atoms with E-state index >= 15 is 0 Å². The van der Waals surface area contributed by atoms with Crippen LogP contribution in [0.5, 0.6) is 0 Å². The quantitative estimate of drug-likeness (QED) is 0.700. The van der Waals surface area contributed by atoms with Gasteiger partial charge in [-0.2, -0.15) is 0 Å². The number of fused-ring (bicyclic) bond motifs is 1. The van der Waals surface area contributed by atoms with E-state index in [2.05, 4.69) is 28.1 Å². The van der Waals surface area contributed by atoms with Crippen LogP contribution in [-0.2, 0) is 22.5 Å². The van der Waals surface area contributed by atoms with Crippen molar-refractivity contribution in [3.63, 3.8) is 0 Å².